The lowest BCUT2D eigenvalue weighted by molar-refractivity contribution is 0.0988. The first-order valence-corrected chi connectivity index (χ1v) is 8.99. The summed E-state index contributed by atoms with van der Waals surface area (Å²) in [5.74, 6) is -0.321. The second-order valence-electron chi connectivity index (χ2n) is 7.11. The lowest BCUT2D eigenvalue weighted by Crippen LogP contribution is -2.11. The van der Waals surface area contributed by atoms with Gasteiger partial charge >= 0.3 is 0 Å². The zero-order chi connectivity index (χ0) is 18.9. The molecule has 0 radical (unpaired) electrons. The van der Waals surface area contributed by atoms with Gasteiger partial charge in [-0.15, -0.1) is 11.3 Å². The van der Waals surface area contributed by atoms with Crippen LogP contribution in [0.2, 0.25) is 0 Å². The van der Waals surface area contributed by atoms with Crippen molar-refractivity contribution < 1.29 is 9.32 Å². The smallest absolute Gasteiger partial charge is 0.294 e. The van der Waals surface area contributed by atoms with Gasteiger partial charge in [-0.2, -0.15) is 5.26 Å². The number of anilines is 1. The molecular formula is C20H19N3O2S. The van der Waals surface area contributed by atoms with Gasteiger partial charge in [-0.25, -0.2) is 0 Å². The number of aromatic nitrogens is 1. The maximum absolute atomic E-state index is 12.5. The normalized spacial score (nSPS) is 11.2. The summed E-state index contributed by atoms with van der Waals surface area (Å²) in [6.45, 7) is 8.20. The van der Waals surface area contributed by atoms with Crippen LogP contribution in [0.4, 0.5) is 5.69 Å². The monoisotopic (exact) mass is 365 g/mol. The molecule has 0 atom stereocenters. The van der Waals surface area contributed by atoms with E-state index in [0.717, 1.165) is 16.0 Å². The van der Waals surface area contributed by atoms with Gasteiger partial charge in [0.2, 0.25) is 5.76 Å². The molecule has 1 amide bonds. The number of nitrogens with one attached hydrogen (secondary N) is 1. The lowest BCUT2D eigenvalue weighted by atomic mass is 9.94. The fourth-order valence-electron chi connectivity index (χ4n) is 2.36. The highest BCUT2D eigenvalue weighted by Gasteiger charge is 2.22. The van der Waals surface area contributed by atoms with E-state index < -0.39 is 5.91 Å². The summed E-state index contributed by atoms with van der Waals surface area (Å²) in [5, 5.41) is 16.1. The summed E-state index contributed by atoms with van der Waals surface area (Å²) in [6, 6.07) is 13.4. The predicted molar refractivity (Wildman–Crippen MR) is 102 cm³/mol. The van der Waals surface area contributed by atoms with Gasteiger partial charge in [0.1, 0.15) is 16.6 Å². The highest BCUT2D eigenvalue weighted by atomic mass is 32.1. The van der Waals surface area contributed by atoms with Gasteiger partial charge in [0.15, 0.2) is 0 Å². The molecule has 0 aliphatic rings. The minimum absolute atomic E-state index is 0.0932. The van der Waals surface area contributed by atoms with E-state index in [1.807, 2.05) is 37.3 Å². The van der Waals surface area contributed by atoms with Crippen molar-refractivity contribution in [2.75, 3.05) is 5.32 Å². The van der Waals surface area contributed by atoms with E-state index in [1.54, 1.807) is 6.07 Å². The van der Waals surface area contributed by atoms with Crippen LogP contribution in [0.25, 0.3) is 11.3 Å². The van der Waals surface area contributed by atoms with E-state index in [0.29, 0.717) is 16.3 Å². The summed E-state index contributed by atoms with van der Waals surface area (Å²) >= 11 is 1.38. The second kappa shape index (κ2) is 6.77. The number of aryl methyl sites for hydroxylation is 1. The molecule has 0 bridgehead atoms. The SMILES string of the molecule is Cc1ccc(-c2cc(C(=O)Nc3cc(C(C)(C)C)sc3C#N)on2)cc1. The van der Waals surface area contributed by atoms with Crippen molar-refractivity contribution in [1.29, 1.82) is 5.26 Å². The largest absolute Gasteiger partial charge is 0.350 e. The van der Waals surface area contributed by atoms with Crippen LogP contribution in [0, 0.1) is 18.3 Å². The number of carbonyl (C=O) groups is 1. The van der Waals surface area contributed by atoms with Gasteiger partial charge in [0.25, 0.3) is 5.91 Å². The van der Waals surface area contributed by atoms with E-state index in [-0.39, 0.29) is 11.2 Å². The van der Waals surface area contributed by atoms with Crippen LogP contribution in [-0.4, -0.2) is 11.1 Å². The third-order valence-electron chi connectivity index (χ3n) is 3.90. The van der Waals surface area contributed by atoms with Crippen LogP contribution in [0.15, 0.2) is 40.9 Å². The maximum Gasteiger partial charge on any atom is 0.294 e. The standard InChI is InChI=1S/C20H19N3O2S/c1-12-5-7-13(8-6-12)14-9-16(25-23-14)19(24)22-15-10-18(20(2,3)4)26-17(15)11-21/h5-10H,1-4H3,(H,22,24). The number of hydrogen-bond acceptors (Lipinski definition) is 5. The molecule has 6 heteroatoms. The third kappa shape index (κ3) is 3.68. The molecule has 2 aromatic heterocycles. The van der Waals surface area contributed by atoms with Crippen LogP contribution < -0.4 is 5.32 Å². The zero-order valence-corrected chi connectivity index (χ0v) is 15.9. The highest BCUT2D eigenvalue weighted by Crippen LogP contribution is 2.35. The Labute approximate surface area is 156 Å². The van der Waals surface area contributed by atoms with Crippen molar-refractivity contribution in [3.63, 3.8) is 0 Å². The fraction of sp³-hybridized carbons (Fsp3) is 0.250. The molecule has 0 saturated heterocycles. The quantitative estimate of drug-likeness (QED) is 0.697. The first-order chi connectivity index (χ1) is 12.3. The molecule has 1 aromatic carbocycles. The van der Waals surface area contributed by atoms with Crippen molar-refractivity contribution in [1.82, 2.24) is 5.16 Å². The van der Waals surface area contributed by atoms with Crippen molar-refractivity contribution in [2.24, 2.45) is 0 Å². The molecule has 0 fully saturated rings. The Morgan fingerprint density at radius 2 is 1.92 bits per heavy atom. The van der Waals surface area contributed by atoms with E-state index >= 15 is 0 Å². The molecule has 0 unspecified atom stereocenters. The first kappa shape index (κ1) is 17.9. The van der Waals surface area contributed by atoms with E-state index in [9.17, 15) is 10.1 Å². The minimum atomic E-state index is -0.425. The number of benzene rings is 1. The molecule has 26 heavy (non-hydrogen) atoms. The summed E-state index contributed by atoms with van der Waals surface area (Å²) in [7, 11) is 0. The molecule has 0 saturated carbocycles. The third-order valence-corrected chi connectivity index (χ3v) is 5.37. The van der Waals surface area contributed by atoms with E-state index in [1.165, 1.54) is 11.3 Å². The molecule has 0 spiro atoms. The Morgan fingerprint density at radius 1 is 1.23 bits per heavy atom. The Hall–Kier alpha value is -2.91. The molecule has 2 heterocycles. The van der Waals surface area contributed by atoms with Crippen LogP contribution in [0.3, 0.4) is 0 Å². The van der Waals surface area contributed by atoms with Gasteiger partial charge in [-0.3, -0.25) is 4.79 Å². The summed E-state index contributed by atoms with van der Waals surface area (Å²) in [4.78, 5) is 14.0. The average Bonchev–Trinajstić information content (AvgIpc) is 3.22. The molecule has 0 aliphatic heterocycles. The molecule has 1 N–H and O–H groups in total. The van der Waals surface area contributed by atoms with Gasteiger partial charge < -0.3 is 9.84 Å². The van der Waals surface area contributed by atoms with Crippen molar-refractivity contribution in [2.45, 2.75) is 33.1 Å². The number of amides is 1. The van der Waals surface area contributed by atoms with Crippen LogP contribution in [0.1, 0.15) is 46.6 Å². The van der Waals surface area contributed by atoms with E-state index in [4.69, 9.17) is 4.52 Å². The number of nitriles is 1. The number of carbonyl (C=O) groups excluding carboxylic acids is 1. The molecular weight excluding hydrogens is 346 g/mol. The Kier molecular flexibility index (Phi) is 4.66. The summed E-state index contributed by atoms with van der Waals surface area (Å²) in [6.07, 6.45) is 0. The van der Waals surface area contributed by atoms with E-state index in [2.05, 4.69) is 37.3 Å². The minimum Gasteiger partial charge on any atom is -0.350 e. The van der Waals surface area contributed by atoms with Crippen LogP contribution in [0.5, 0.6) is 0 Å². The van der Waals surface area contributed by atoms with Gasteiger partial charge in [-0.1, -0.05) is 55.8 Å². The lowest BCUT2D eigenvalue weighted by Gasteiger charge is -2.14. The zero-order valence-electron chi connectivity index (χ0n) is 15.1. The number of hydrogen-bond donors (Lipinski definition) is 1. The molecule has 132 valence electrons. The summed E-state index contributed by atoms with van der Waals surface area (Å²) < 4.78 is 5.19. The topological polar surface area (TPSA) is 78.9 Å². The fourth-order valence-corrected chi connectivity index (χ4v) is 3.33. The maximum atomic E-state index is 12.5. The summed E-state index contributed by atoms with van der Waals surface area (Å²) in [5.41, 5.74) is 3.02. The van der Waals surface area contributed by atoms with Gasteiger partial charge in [0.05, 0.1) is 5.69 Å². The Balaban J connectivity index is 1.82. The van der Waals surface area contributed by atoms with Crippen molar-refractivity contribution in [3.05, 3.63) is 57.5 Å². The molecule has 5 nitrogen and oxygen atoms in total. The Morgan fingerprint density at radius 3 is 2.54 bits per heavy atom. The second-order valence-corrected chi connectivity index (χ2v) is 8.16. The van der Waals surface area contributed by atoms with Gasteiger partial charge in [-0.05, 0) is 18.4 Å². The highest BCUT2D eigenvalue weighted by molar-refractivity contribution is 7.13. The van der Waals surface area contributed by atoms with Crippen molar-refractivity contribution >= 4 is 22.9 Å². The van der Waals surface area contributed by atoms with Crippen LogP contribution in [-0.2, 0) is 5.41 Å². The number of rotatable bonds is 3. The number of nitrogens with zero attached hydrogens (tertiary/aromatic N) is 2. The number of thiophene rings is 1. The van der Waals surface area contributed by atoms with Gasteiger partial charge in [0, 0.05) is 16.5 Å². The average molecular weight is 365 g/mol. The first-order valence-electron chi connectivity index (χ1n) is 8.17. The molecule has 3 aromatic rings. The molecule has 0 aliphatic carbocycles. The molecule has 3 rings (SSSR count). The predicted octanol–water partition coefficient (Wildman–Crippen LogP) is 5.13. The Bertz CT molecular complexity index is 985. The van der Waals surface area contributed by atoms with Crippen LogP contribution >= 0.6 is 11.3 Å². The van der Waals surface area contributed by atoms with Crippen molar-refractivity contribution in [3.8, 4) is 17.3 Å².